The predicted molar refractivity (Wildman–Crippen MR) is 130 cm³/mol. The molecule has 0 heterocycles. The molecule has 0 aromatic heterocycles. The standard InChI is InChI=1S/C24H19BrClN3O4/c1-15-5-7-16(8-6-15)24(32)33-21-10-9-19(25)11-18(21)13-28-29-22(30)14-27-23(31)17-3-2-4-20(26)12-17/h2-13H,14H2,1H3,(H,27,31)(H,29,30). The van der Waals surface area contributed by atoms with Gasteiger partial charge < -0.3 is 10.1 Å². The van der Waals surface area contributed by atoms with Gasteiger partial charge in [-0.25, -0.2) is 10.2 Å². The van der Waals surface area contributed by atoms with Crippen molar-refractivity contribution >= 4 is 51.5 Å². The van der Waals surface area contributed by atoms with Crippen molar-refractivity contribution in [3.63, 3.8) is 0 Å². The molecule has 0 aliphatic rings. The van der Waals surface area contributed by atoms with Crippen LogP contribution < -0.4 is 15.5 Å². The third-order valence-corrected chi connectivity index (χ3v) is 5.08. The molecule has 0 aliphatic heterocycles. The molecule has 0 fully saturated rings. The number of halogens is 2. The summed E-state index contributed by atoms with van der Waals surface area (Å²) >= 11 is 9.22. The highest BCUT2D eigenvalue weighted by Gasteiger charge is 2.12. The predicted octanol–water partition coefficient (Wildman–Crippen LogP) is 4.51. The van der Waals surface area contributed by atoms with Crippen molar-refractivity contribution < 1.29 is 19.1 Å². The molecule has 0 saturated carbocycles. The summed E-state index contributed by atoms with van der Waals surface area (Å²) in [6, 6.07) is 18.4. The number of ether oxygens (including phenoxy) is 1. The van der Waals surface area contributed by atoms with Crippen LogP contribution in [0.3, 0.4) is 0 Å². The molecule has 0 saturated heterocycles. The van der Waals surface area contributed by atoms with Crippen molar-refractivity contribution in [2.45, 2.75) is 6.92 Å². The van der Waals surface area contributed by atoms with Gasteiger partial charge in [0.05, 0.1) is 18.3 Å². The summed E-state index contributed by atoms with van der Waals surface area (Å²) in [6.45, 7) is 1.64. The molecular formula is C24H19BrClN3O4. The summed E-state index contributed by atoms with van der Waals surface area (Å²) in [5.41, 5.74) is 4.57. The largest absolute Gasteiger partial charge is 0.422 e. The van der Waals surface area contributed by atoms with E-state index in [0.29, 0.717) is 21.7 Å². The van der Waals surface area contributed by atoms with E-state index in [1.165, 1.54) is 12.3 Å². The molecule has 0 aliphatic carbocycles. The highest BCUT2D eigenvalue weighted by Crippen LogP contribution is 2.23. The Morgan fingerprint density at radius 2 is 1.79 bits per heavy atom. The van der Waals surface area contributed by atoms with E-state index in [2.05, 4.69) is 31.8 Å². The van der Waals surface area contributed by atoms with Crippen LogP contribution in [-0.2, 0) is 4.79 Å². The Morgan fingerprint density at radius 3 is 2.52 bits per heavy atom. The van der Waals surface area contributed by atoms with Crippen LogP contribution in [0, 0.1) is 6.92 Å². The van der Waals surface area contributed by atoms with Crippen LogP contribution in [0.1, 0.15) is 31.8 Å². The number of esters is 1. The highest BCUT2D eigenvalue weighted by atomic mass is 79.9. The lowest BCUT2D eigenvalue weighted by Crippen LogP contribution is -2.34. The van der Waals surface area contributed by atoms with Gasteiger partial charge in [-0.1, -0.05) is 51.3 Å². The molecule has 0 atom stereocenters. The number of aryl methyl sites for hydroxylation is 1. The molecule has 0 unspecified atom stereocenters. The van der Waals surface area contributed by atoms with Crippen molar-refractivity contribution in [1.82, 2.24) is 10.7 Å². The summed E-state index contributed by atoms with van der Waals surface area (Å²) < 4.78 is 6.23. The first-order valence-electron chi connectivity index (χ1n) is 9.76. The molecule has 3 rings (SSSR count). The molecule has 168 valence electrons. The Kier molecular flexibility index (Phi) is 8.34. The lowest BCUT2D eigenvalue weighted by Gasteiger charge is -2.08. The molecule has 9 heteroatoms. The van der Waals surface area contributed by atoms with E-state index in [9.17, 15) is 14.4 Å². The van der Waals surface area contributed by atoms with E-state index >= 15 is 0 Å². The first-order chi connectivity index (χ1) is 15.8. The van der Waals surface area contributed by atoms with Gasteiger partial charge >= 0.3 is 5.97 Å². The molecular weight excluding hydrogens is 510 g/mol. The minimum absolute atomic E-state index is 0.274. The quantitative estimate of drug-likeness (QED) is 0.204. The monoisotopic (exact) mass is 527 g/mol. The minimum atomic E-state index is -0.533. The molecule has 3 aromatic carbocycles. The summed E-state index contributed by atoms with van der Waals surface area (Å²) in [5.74, 6) is -1.21. The fourth-order valence-corrected chi connectivity index (χ4v) is 3.24. The third-order valence-electron chi connectivity index (χ3n) is 4.35. The number of hydrazone groups is 1. The number of benzene rings is 3. The zero-order chi connectivity index (χ0) is 23.8. The van der Waals surface area contributed by atoms with Crippen LogP contribution in [-0.4, -0.2) is 30.5 Å². The SMILES string of the molecule is Cc1ccc(C(=O)Oc2ccc(Br)cc2C=NNC(=O)CNC(=O)c2cccc(Cl)c2)cc1. The smallest absolute Gasteiger partial charge is 0.343 e. The van der Waals surface area contributed by atoms with Gasteiger partial charge in [-0.15, -0.1) is 0 Å². The fraction of sp³-hybridized carbons (Fsp3) is 0.0833. The highest BCUT2D eigenvalue weighted by molar-refractivity contribution is 9.10. The second kappa shape index (κ2) is 11.4. The number of hydrogen-bond acceptors (Lipinski definition) is 5. The first-order valence-corrected chi connectivity index (χ1v) is 10.9. The number of rotatable bonds is 7. The molecule has 0 spiro atoms. The Bertz CT molecular complexity index is 1210. The van der Waals surface area contributed by atoms with E-state index in [0.717, 1.165) is 10.0 Å². The fourth-order valence-electron chi connectivity index (χ4n) is 2.67. The first kappa shape index (κ1) is 24.2. The lowest BCUT2D eigenvalue weighted by atomic mass is 10.1. The van der Waals surface area contributed by atoms with Crippen LogP contribution in [0.25, 0.3) is 0 Å². The summed E-state index contributed by atoms with van der Waals surface area (Å²) in [7, 11) is 0. The van der Waals surface area contributed by atoms with Crippen LogP contribution in [0.2, 0.25) is 5.02 Å². The summed E-state index contributed by atoms with van der Waals surface area (Å²) in [5, 5.41) is 6.79. The topological polar surface area (TPSA) is 96.9 Å². The zero-order valence-electron chi connectivity index (χ0n) is 17.5. The molecule has 33 heavy (non-hydrogen) atoms. The maximum absolute atomic E-state index is 12.4. The zero-order valence-corrected chi connectivity index (χ0v) is 19.8. The lowest BCUT2D eigenvalue weighted by molar-refractivity contribution is -0.120. The number of carbonyl (C=O) groups excluding carboxylic acids is 3. The van der Waals surface area contributed by atoms with Gasteiger partial charge in [-0.3, -0.25) is 9.59 Å². The molecule has 2 N–H and O–H groups in total. The summed E-state index contributed by atoms with van der Waals surface area (Å²) in [4.78, 5) is 36.5. The van der Waals surface area contributed by atoms with E-state index in [-0.39, 0.29) is 12.3 Å². The molecule has 7 nitrogen and oxygen atoms in total. The van der Waals surface area contributed by atoms with Crippen molar-refractivity contribution in [3.8, 4) is 5.75 Å². The second-order valence-corrected chi connectivity index (χ2v) is 8.28. The van der Waals surface area contributed by atoms with Crippen LogP contribution in [0.5, 0.6) is 5.75 Å². The van der Waals surface area contributed by atoms with Crippen molar-refractivity contribution in [2.75, 3.05) is 6.54 Å². The Labute approximate surface area is 203 Å². The van der Waals surface area contributed by atoms with Crippen molar-refractivity contribution in [2.24, 2.45) is 5.10 Å². The summed E-state index contributed by atoms with van der Waals surface area (Å²) in [6.07, 6.45) is 1.35. The Morgan fingerprint density at radius 1 is 1.03 bits per heavy atom. The maximum Gasteiger partial charge on any atom is 0.343 e. The number of carbonyl (C=O) groups is 3. The van der Waals surface area contributed by atoms with Crippen LogP contribution in [0.15, 0.2) is 76.3 Å². The van der Waals surface area contributed by atoms with Crippen LogP contribution in [0.4, 0.5) is 0 Å². The van der Waals surface area contributed by atoms with Gasteiger partial charge in [0.1, 0.15) is 5.75 Å². The van der Waals surface area contributed by atoms with Gasteiger partial charge in [0, 0.05) is 20.6 Å². The second-order valence-electron chi connectivity index (χ2n) is 6.92. The molecule has 2 amide bonds. The molecule has 3 aromatic rings. The molecule has 0 bridgehead atoms. The Hall–Kier alpha value is -3.49. The van der Waals surface area contributed by atoms with Crippen molar-refractivity contribution in [3.05, 3.63) is 98.5 Å². The minimum Gasteiger partial charge on any atom is -0.422 e. The normalized spacial score (nSPS) is 10.6. The van der Waals surface area contributed by atoms with Gasteiger partial charge in [0.2, 0.25) is 0 Å². The average Bonchev–Trinajstić information content (AvgIpc) is 2.79. The number of nitrogens with zero attached hydrogens (tertiary/aromatic N) is 1. The number of nitrogens with one attached hydrogen (secondary N) is 2. The Balaban J connectivity index is 1.59. The number of hydrogen-bond donors (Lipinski definition) is 2. The van der Waals surface area contributed by atoms with Gasteiger partial charge in [-0.2, -0.15) is 5.10 Å². The van der Waals surface area contributed by atoms with Crippen molar-refractivity contribution in [1.29, 1.82) is 0 Å². The van der Waals surface area contributed by atoms with Crippen LogP contribution >= 0.6 is 27.5 Å². The van der Waals surface area contributed by atoms with Gasteiger partial charge in [0.15, 0.2) is 0 Å². The number of amides is 2. The van der Waals surface area contributed by atoms with E-state index in [1.54, 1.807) is 48.5 Å². The van der Waals surface area contributed by atoms with E-state index in [1.807, 2.05) is 19.1 Å². The maximum atomic E-state index is 12.4. The average molecular weight is 529 g/mol. The van der Waals surface area contributed by atoms with Gasteiger partial charge in [0.25, 0.3) is 11.8 Å². The van der Waals surface area contributed by atoms with E-state index < -0.39 is 17.8 Å². The molecule has 0 radical (unpaired) electrons. The van der Waals surface area contributed by atoms with Gasteiger partial charge in [-0.05, 0) is 55.5 Å². The third kappa shape index (κ3) is 7.27. The van der Waals surface area contributed by atoms with E-state index in [4.69, 9.17) is 16.3 Å².